The van der Waals surface area contributed by atoms with Crippen molar-refractivity contribution in [2.24, 2.45) is 11.8 Å². The van der Waals surface area contributed by atoms with Gasteiger partial charge in [-0.15, -0.1) is 23.5 Å². The van der Waals surface area contributed by atoms with Crippen molar-refractivity contribution in [3.63, 3.8) is 0 Å². The van der Waals surface area contributed by atoms with Crippen LogP contribution in [0.1, 0.15) is 20.8 Å². The van der Waals surface area contributed by atoms with Gasteiger partial charge in [-0.1, -0.05) is 20.8 Å². The normalized spacial score (nSPS) is 34.8. The van der Waals surface area contributed by atoms with E-state index in [1.54, 1.807) is 0 Å². The molecule has 0 aromatic heterocycles. The van der Waals surface area contributed by atoms with E-state index in [0.29, 0.717) is 0 Å². The zero-order valence-corrected chi connectivity index (χ0v) is 8.60. The van der Waals surface area contributed by atoms with Gasteiger partial charge in [-0.25, -0.2) is 0 Å². The number of hydrogen-bond donors (Lipinski definition) is 0. The van der Waals surface area contributed by atoms with E-state index in [2.05, 4.69) is 44.3 Å². The molecular formula is C8H16S2. The van der Waals surface area contributed by atoms with Crippen LogP contribution in [-0.4, -0.2) is 16.1 Å². The molecule has 1 aliphatic heterocycles. The maximum Gasteiger partial charge on any atom is 0.0525 e. The molecule has 0 spiro atoms. The lowest BCUT2D eigenvalue weighted by atomic mass is 10.2. The summed E-state index contributed by atoms with van der Waals surface area (Å²) in [6.45, 7) is 6.98. The summed E-state index contributed by atoms with van der Waals surface area (Å²) in [4.78, 5) is 0. The number of hydrogen-bond acceptors (Lipinski definition) is 2. The fourth-order valence-electron chi connectivity index (χ4n) is 0.999. The van der Waals surface area contributed by atoms with Gasteiger partial charge in [0.15, 0.2) is 0 Å². The molecule has 0 unspecified atom stereocenters. The molecule has 1 fully saturated rings. The van der Waals surface area contributed by atoms with Crippen LogP contribution in [0.2, 0.25) is 0 Å². The molecule has 0 nitrogen and oxygen atoms in total. The van der Waals surface area contributed by atoms with Crippen molar-refractivity contribution in [3.05, 3.63) is 0 Å². The molecule has 60 valence electrons. The van der Waals surface area contributed by atoms with Gasteiger partial charge < -0.3 is 0 Å². The highest BCUT2D eigenvalue weighted by atomic mass is 32.2. The van der Waals surface area contributed by atoms with Gasteiger partial charge in [0.2, 0.25) is 0 Å². The zero-order chi connectivity index (χ0) is 7.56. The van der Waals surface area contributed by atoms with Gasteiger partial charge in [0.1, 0.15) is 0 Å². The predicted molar refractivity (Wildman–Crippen MR) is 52.7 cm³/mol. The number of rotatable bonds is 1. The van der Waals surface area contributed by atoms with E-state index in [0.717, 1.165) is 16.4 Å². The molecule has 10 heavy (non-hydrogen) atoms. The topological polar surface area (TPSA) is 0 Å². The van der Waals surface area contributed by atoms with Crippen LogP contribution >= 0.6 is 23.5 Å². The molecule has 1 saturated heterocycles. The summed E-state index contributed by atoms with van der Waals surface area (Å²) >= 11 is 4.28. The van der Waals surface area contributed by atoms with E-state index in [1.807, 2.05) is 0 Å². The van der Waals surface area contributed by atoms with Crippen LogP contribution in [0.25, 0.3) is 0 Å². The van der Waals surface area contributed by atoms with E-state index in [-0.39, 0.29) is 0 Å². The van der Waals surface area contributed by atoms with Crippen LogP contribution < -0.4 is 0 Å². The SMILES string of the molecule is CC1CSC(C(C)C)SC1. The van der Waals surface area contributed by atoms with Crippen molar-refractivity contribution < 1.29 is 0 Å². The monoisotopic (exact) mass is 176 g/mol. The van der Waals surface area contributed by atoms with Crippen LogP contribution in [0.15, 0.2) is 0 Å². The van der Waals surface area contributed by atoms with Crippen molar-refractivity contribution in [3.8, 4) is 0 Å². The van der Waals surface area contributed by atoms with Crippen LogP contribution in [0.3, 0.4) is 0 Å². The largest absolute Gasteiger partial charge is 0.147 e. The molecule has 0 radical (unpaired) electrons. The highest BCUT2D eigenvalue weighted by molar-refractivity contribution is 8.17. The summed E-state index contributed by atoms with van der Waals surface area (Å²) in [5.74, 6) is 4.53. The summed E-state index contributed by atoms with van der Waals surface area (Å²) in [5.41, 5.74) is 0. The standard InChI is InChI=1S/C8H16S2/c1-6(2)8-9-4-7(3)5-10-8/h6-8H,4-5H2,1-3H3. The summed E-state index contributed by atoms with van der Waals surface area (Å²) in [6, 6.07) is 0. The lowest BCUT2D eigenvalue weighted by Gasteiger charge is -2.27. The van der Waals surface area contributed by atoms with Gasteiger partial charge in [-0.3, -0.25) is 0 Å². The Morgan fingerprint density at radius 2 is 1.70 bits per heavy atom. The third kappa shape index (κ3) is 2.39. The maximum absolute atomic E-state index is 2.34. The molecule has 0 amide bonds. The first kappa shape index (κ1) is 8.79. The van der Waals surface area contributed by atoms with Gasteiger partial charge in [0.05, 0.1) is 4.58 Å². The molecule has 0 aliphatic carbocycles. The van der Waals surface area contributed by atoms with Crippen LogP contribution in [0.5, 0.6) is 0 Å². The Labute approximate surface area is 72.5 Å². The highest BCUT2D eigenvalue weighted by Crippen LogP contribution is 2.37. The zero-order valence-electron chi connectivity index (χ0n) is 6.96. The number of thioether (sulfide) groups is 2. The van der Waals surface area contributed by atoms with E-state index < -0.39 is 0 Å². The minimum atomic E-state index is 0.850. The molecule has 0 saturated carbocycles. The van der Waals surface area contributed by atoms with E-state index in [1.165, 1.54) is 11.5 Å². The maximum atomic E-state index is 2.34. The first-order chi connectivity index (χ1) is 4.70. The minimum absolute atomic E-state index is 0.850. The molecule has 1 rings (SSSR count). The minimum Gasteiger partial charge on any atom is -0.147 e. The molecular weight excluding hydrogens is 160 g/mol. The Hall–Kier alpha value is 0.700. The first-order valence-electron chi connectivity index (χ1n) is 3.93. The third-order valence-corrected chi connectivity index (χ3v) is 5.72. The Morgan fingerprint density at radius 1 is 1.20 bits per heavy atom. The molecule has 0 aromatic carbocycles. The van der Waals surface area contributed by atoms with Crippen LogP contribution in [0.4, 0.5) is 0 Å². The average Bonchev–Trinajstić information content (AvgIpc) is 1.88. The predicted octanol–water partition coefficient (Wildman–Crippen LogP) is 3.08. The Morgan fingerprint density at radius 3 is 2.10 bits per heavy atom. The summed E-state index contributed by atoms with van der Waals surface area (Å²) in [6.07, 6.45) is 0. The highest BCUT2D eigenvalue weighted by Gasteiger charge is 2.21. The Balaban J connectivity index is 2.26. The average molecular weight is 176 g/mol. The van der Waals surface area contributed by atoms with Crippen molar-refractivity contribution in [2.45, 2.75) is 25.4 Å². The Bertz CT molecular complexity index is 93.4. The van der Waals surface area contributed by atoms with Crippen molar-refractivity contribution >= 4 is 23.5 Å². The van der Waals surface area contributed by atoms with Crippen LogP contribution in [-0.2, 0) is 0 Å². The first-order valence-corrected chi connectivity index (χ1v) is 6.03. The lowest BCUT2D eigenvalue weighted by Crippen LogP contribution is -2.18. The molecule has 2 heteroatoms. The van der Waals surface area contributed by atoms with Gasteiger partial charge in [0, 0.05) is 0 Å². The molecule has 0 atom stereocenters. The summed E-state index contributed by atoms with van der Waals surface area (Å²) < 4.78 is 0.871. The summed E-state index contributed by atoms with van der Waals surface area (Å²) in [5, 5.41) is 0. The van der Waals surface area contributed by atoms with Crippen molar-refractivity contribution in [1.82, 2.24) is 0 Å². The molecule has 1 aliphatic rings. The second-order valence-corrected chi connectivity index (χ2v) is 6.03. The van der Waals surface area contributed by atoms with Crippen LogP contribution in [0, 0.1) is 11.8 Å². The fraction of sp³-hybridized carbons (Fsp3) is 1.00. The van der Waals surface area contributed by atoms with Gasteiger partial charge >= 0.3 is 0 Å². The fourth-order valence-corrected chi connectivity index (χ4v) is 4.05. The quantitative estimate of drug-likeness (QED) is 0.602. The van der Waals surface area contributed by atoms with Gasteiger partial charge in [-0.2, -0.15) is 0 Å². The van der Waals surface area contributed by atoms with Crippen molar-refractivity contribution in [2.75, 3.05) is 11.5 Å². The molecule has 0 bridgehead atoms. The lowest BCUT2D eigenvalue weighted by molar-refractivity contribution is 0.693. The third-order valence-electron chi connectivity index (χ3n) is 1.63. The summed E-state index contributed by atoms with van der Waals surface area (Å²) in [7, 11) is 0. The molecule has 0 N–H and O–H groups in total. The smallest absolute Gasteiger partial charge is 0.0525 e. The van der Waals surface area contributed by atoms with Gasteiger partial charge in [0.25, 0.3) is 0 Å². The van der Waals surface area contributed by atoms with E-state index >= 15 is 0 Å². The van der Waals surface area contributed by atoms with Crippen molar-refractivity contribution in [1.29, 1.82) is 0 Å². The van der Waals surface area contributed by atoms with Gasteiger partial charge in [-0.05, 0) is 23.3 Å². The van der Waals surface area contributed by atoms with E-state index in [4.69, 9.17) is 0 Å². The molecule has 1 heterocycles. The second kappa shape index (κ2) is 3.91. The Kier molecular flexibility index (Phi) is 3.44. The second-order valence-electron chi connectivity index (χ2n) is 3.38. The molecule has 0 aromatic rings. The van der Waals surface area contributed by atoms with E-state index in [9.17, 15) is 0 Å².